The SMILES string of the molecule is N#Cc1c(-n2c3ccccc3c3ccccc32)c(-n2c3ccccc3c3ccccc32)c(C#N)c(-n2c3ccc(-c4cc5ccccc5c5ccccc45)cc3c3c4sc5ccccc5c4ccc32)c1-n1c2ccccc2c2ccccc21. The van der Waals surface area contributed by atoms with Gasteiger partial charge in [-0.25, -0.2) is 0 Å². The molecule has 0 fully saturated rings. The normalized spacial score (nSPS) is 12.1. The van der Waals surface area contributed by atoms with Crippen molar-refractivity contribution in [2.45, 2.75) is 0 Å². The van der Waals surface area contributed by atoms with Crippen LogP contribution in [0.3, 0.4) is 0 Å². The van der Waals surface area contributed by atoms with Gasteiger partial charge in [0, 0.05) is 63.3 Å². The Morgan fingerprint density at radius 2 is 0.639 bits per heavy atom. The first kappa shape index (κ1) is 45.6. The van der Waals surface area contributed by atoms with E-state index >= 15 is 0 Å². The number of para-hydroxylation sites is 6. The third-order valence-electron chi connectivity index (χ3n) is 17.6. The molecular weight excluding hydrogens is 1030 g/mol. The third kappa shape index (κ3) is 6.13. The largest absolute Gasteiger partial charge is 0.306 e. The molecule has 0 bridgehead atoms. The van der Waals surface area contributed by atoms with Crippen LogP contribution >= 0.6 is 11.3 Å². The second-order valence-electron chi connectivity index (χ2n) is 21.7. The van der Waals surface area contributed by atoms with Crippen molar-refractivity contribution in [3.8, 4) is 46.0 Å². The van der Waals surface area contributed by atoms with Crippen molar-refractivity contribution in [2.75, 3.05) is 0 Å². The monoisotopic (exact) mass is 1070 g/mol. The van der Waals surface area contributed by atoms with Crippen molar-refractivity contribution in [1.29, 1.82) is 10.5 Å². The van der Waals surface area contributed by atoms with Gasteiger partial charge in [-0.15, -0.1) is 11.3 Å². The minimum Gasteiger partial charge on any atom is -0.306 e. The number of benzene rings is 13. The first-order chi connectivity index (χ1) is 41.2. The standard InChI is InChI=1S/C76H42N6S/c77-43-60-72(79-62-30-12-5-23-50(62)51-24-6-13-31-63(51)79)73(80-64-32-14-7-25-52(64)53-26-8-15-33-65(53)80)61(44-78)75(74(60)81-66-34-16-9-27-54(66)55-28-10-17-35-67(55)81)82-68-39-37-46(58-41-45-19-1-2-20-47(45)48-21-3-4-22-49(48)58)42-59(68)71-69(82)40-38-57-56-29-11-18-36-70(56)83-76(57)71/h1-42H. The lowest BCUT2D eigenvalue weighted by molar-refractivity contribution is 1.02. The smallest absolute Gasteiger partial charge is 0.104 e. The Bertz CT molecular complexity index is 5820. The van der Waals surface area contributed by atoms with Crippen LogP contribution in [0.1, 0.15) is 11.1 Å². The van der Waals surface area contributed by atoms with E-state index in [4.69, 9.17) is 0 Å². The molecule has 5 aromatic heterocycles. The van der Waals surface area contributed by atoms with Crippen molar-refractivity contribution < 1.29 is 0 Å². The highest BCUT2D eigenvalue weighted by Gasteiger charge is 2.35. The maximum absolute atomic E-state index is 12.9. The van der Waals surface area contributed by atoms with E-state index in [-0.39, 0.29) is 0 Å². The number of nitrogens with zero attached hydrogens (tertiary/aromatic N) is 6. The molecule has 13 aromatic carbocycles. The van der Waals surface area contributed by atoms with Gasteiger partial charge in [-0.1, -0.05) is 188 Å². The lowest BCUT2D eigenvalue weighted by Gasteiger charge is -2.27. The summed E-state index contributed by atoms with van der Waals surface area (Å²) >= 11 is 1.81. The number of fused-ring (bicyclic) bond motifs is 19. The molecule has 0 amide bonds. The fourth-order valence-corrected chi connectivity index (χ4v) is 15.5. The zero-order valence-electron chi connectivity index (χ0n) is 44.3. The van der Waals surface area contributed by atoms with Crippen LogP contribution in [0.4, 0.5) is 0 Å². The van der Waals surface area contributed by atoms with Crippen LogP contribution in [-0.4, -0.2) is 18.3 Å². The highest BCUT2D eigenvalue weighted by Crippen LogP contribution is 2.51. The molecule has 7 heteroatoms. The second kappa shape index (κ2) is 17.1. The van der Waals surface area contributed by atoms with Crippen LogP contribution in [0.15, 0.2) is 255 Å². The Hall–Kier alpha value is -11.2. The summed E-state index contributed by atoms with van der Waals surface area (Å²) in [7, 11) is 0. The Morgan fingerprint density at radius 1 is 0.277 bits per heavy atom. The number of rotatable bonds is 5. The Labute approximate surface area is 478 Å². The summed E-state index contributed by atoms with van der Waals surface area (Å²) in [5.74, 6) is 0. The first-order valence-corrected chi connectivity index (χ1v) is 28.8. The molecule has 0 radical (unpaired) electrons. The second-order valence-corrected chi connectivity index (χ2v) is 22.7. The maximum Gasteiger partial charge on any atom is 0.104 e. The summed E-state index contributed by atoms with van der Waals surface area (Å²) in [4.78, 5) is 0. The van der Waals surface area contributed by atoms with E-state index in [1.807, 2.05) is 11.3 Å². The number of aromatic nitrogens is 4. The Morgan fingerprint density at radius 3 is 1.11 bits per heavy atom. The van der Waals surface area contributed by atoms with Gasteiger partial charge in [0.2, 0.25) is 0 Å². The Balaban J connectivity index is 1.11. The van der Waals surface area contributed by atoms with Gasteiger partial charge in [-0.2, -0.15) is 10.5 Å². The number of thiophene rings is 1. The molecule has 0 saturated carbocycles. The average Bonchev–Trinajstić information content (AvgIpc) is 1.75. The molecule has 5 heterocycles. The van der Waals surface area contributed by atoms with Crippen molar-refractivity contribution in [2.24, 2.45) is 0 Å². The molecule has 6 nitrogen and oxygen atoms in total. The van der Waals surface area contributed by atoms with Gasteiger partial charge in [-0.3, -0.25) is 0 Å². The van der Waals surface area contributed by atoms with Gasteiger partial charge >= 0.3 is 0 Å². The topological polar surface area (TPSA) is 67.3 Å². The van der Waals surface area contributed by atoms with E-state index in [1.54, 1.807) is 0 Å². The number of nitriles is 2. The van der Waals surface area contributed by atoms with Crippen LogP contribution in [0, 0.1) is 22.7 Å². The highest BCUT2D eigenvalue weighted by molar-refractivity contribution is 7.26. The molecule has 0 N–H and O–H groups in total. The third-order valence-corrected chi connectivity index (χ3v) is 18.8. The lowest BCUT2D eigenvalue weighted by Crippen LogP contribution is -2.16. The van der Waals surface area contributed by atoms with Crippen LogP contribution in [0.5, 0.6) is 0 Å². The molecule has 0 spiro atoms. The summed E-state index contributed by atoms with van der Waals surface area (Å²) in [6, 6.07) is 96.6. The van der Waals surface area contributed by atoms with E-state index < -0.39 is 0 Å². The highest BCUT2D eigenvalue weighted by atomic mass is 32.1. The quantitative estimate of drug-likeness (QED) is 0.161. The molecule has 382 valence electrons. The van der Waals surface area contributed by atoms with Gasteiger partial charge in [0.25, 0.3) is 0 Å². The summed E-state index contributed by atoms with van der Waals surface area (Å²) < 4.78 is 11.5. The van der Waals surface area contributed by atoms with E-state index in [1.165, 1.54) is 37.0 Å². The van der Waals surface area contributed by atoms with Crippen LogP contribution in [0.2, 0.25) is 0 Å². The van der Waals surface area contributed by atoms with Gasteiger partial charge in [0.1, 0.15) is 23.3 Å². The summed E-state index contributed by atoms with van der Waals surface area (Å²) in [6.07, 6.45) is 0. The van der Waals surface area contributed by atoms with Crippen LogP contribution in [-0.2, 0) is 0 Å². The van der Waals surface area contributed by atoms with Gasteiger partial charge in [0.05, 0.1) is 66.9 Å². The summed E-state index contributed by atoms with van der Waals surface area (Å²) in [5.41, 5.74) is 12.9. The maximum atomic E-state index is 12.9. The van der Waals surface area contributed by atoms with Gasteiger partial charge in [-0.05, 0) is 99.4 Å². The lowest BCUT2D eigenvalue weighted by atomic mass is 9.92. The van der Waals surface area contributed by atoms with Crippen molar-refractivity contribution >= 4 is 140 Å². The molecule has 0 unspecified atom stereocenters. The zero-order chi connectivity index (χ0) is 54.6. The summed E-state index contributed by atoms with van der Waals surface area (Å²) in [5, 5.41) is 41.3. The molecule has 83 heavy (non-hydrogen) atoms. The van der Waals surface area contributed by atoms with E-state index in [0.717, 1.165) is 103 Å². The predicted octanol–water partition coefficient (Wildman–Crippen LogP) is 20.2. The molecule has 0 atom stereocenters. The molecule has 18 rings (SSSR count). The predicted molar refractivity (Wildman–Crippen MR) is 347 cm³/mol. The number of hydrogen-bond donors (Lipinski definition) is 0. The zero-order valence-corrected chi connectivity index (χ0v) is 45.2. The number of hydrogen-bond acceptors (Lipinski definition) is 3. The molecule has 0 aliphatic heterocycles. The minimum atomic E-state index is 0.420. The molecule has 0 saturated heterocycles. The van der Waals surface area contributed by atoms with Crippen molar-refractivity contribution in [3.05, 3.63) is 266 Å². The van der Waals surface area contributed by atoms with E-state index in [9.17, 15) is 10.5 Å². The van der Waals surface area contributed by atoms with Gasteiger partial charge < -0.3 is 18.3 Å². The summed E-state index contributed by atoms with van der Waals surface area (Å²) in [6.45, 7) is 0. The molecule has 0 aliphatic rings. The molecular formula is C76H42N6S. The first-order valence-electron chi connectivity index (χ1n) is 28.0. The van der Waals surface area contributed by atoms with Gasteiger partial charge in [0.15, 0.2) is 0 Å². The minimum absolute atomic E-state index is 0.420. The average molecular weight is 1070 g/mol. The van der Waals surface area contributed by atoms with Crippen LogP contribution < -0.4 is 0 Å². The Kier molecular flexibility index (Phi) is 9.42. The van der Waals surface area contributed by atoms with E-state index in [2.05, 4.69) is 285 Å². The fraction of sp³-hybridized carbons (Fsp3) is 0. The fourth-order valence-electron chi connectivity index (χ4n) is 14.3. The molecule has 0 aliphatic carbocycles. The van der Waals surface area contributed by atoms with Crippen molar-refractivity contribution in [3.63, 3.8) is 0 Å². The molecule has 18 aromatic rings. The van der Waals surface area contributed by atoms with Crippen LogP contribution in [0.25, 0.3) is 163 Å². The van der Waals surface area contributed by atoms with E-state index in [0.29, 0.717) is 33.9 Å². The van der Waals surface area contributed by atoms with Crippen molar-refractivity contribution in [1.82, 2.24) is 18.3 Å².